The van der Waals surface area contributed by atoms with Gasteiger partial charge in [-0.15, -0.1) is 10.2 Å². The van der Waals surface area contributed by atoms with Crippen molar-refractivity contribution < 1.29 is 13.9 Å². The summed E-state index contributed by atoms with van der Waals surface area (Å²) < 4.78 is 11.8. The van der Waals surface area contributed by atoms with Crippen LogP contribution in [-0.2, 0) is 17.8 Å². The summed E-state index contributed by atoms with van der Waals surface area (Å²) in [6.45, 7) is 0.781. The highest BCUT2D eigenvalue weighted by Crippen LogP contribution is 2.26. The molecule has 0 aromatic carbocycles. The molecule has 0 spiro atoms. The second kappa shape index (κ2) is 9.54. The highest BCUT2D eigenvalue weighted by Gasteiger charge is 2.20. The highest BCUT2D eigenvalue weighted by molar-refractivity contribution is 8.01. The maximum absolute atomic E-state index is 12.5. The molecule has 4 N–H and O–H groups in total. The van der Waals surface area contributed by atoms with E-state index in [-0.39, 0.29) is 30.3 Å². The molecular weight excluding hydrogens is 420 g/mol. The van der Waals surface area contributed by atoms with E-state index in [4.69, 9.17) is 14.9 Å². The lowest BCUT2D eigenvalue weighted by Gasteiger charge is -2.11. The Kier molecular flexibility index (Phi) is 6.85. The summed E-state index contributed by atoms with van der Waals surface area (Å²) >= 11 is 2.39. The third-order valence-corrected chi connectivity index (χ3v) is 5.78. The molecule has 0 bridgehead atoms. The number of nitrogens with one attached hydrogen (secondary N) is 2. The largest absolute Gasteiger partial charge is 0.467 e. The van der Waals surface area contributed by atoms with E-state index in [1.54, 1.807) is 12.3 Å². The number of thioether (sulfide) groups is 1. The van der Waals surface area contributed by atoms with Gasteiger partial charge in [-0.3, -0.25) is 19.1 Å². The predicted molar refractivity (Wildman–Crippen MR) is 109 cm³/mol. The van der Waals surface area contributed by atoms with Gasteiger partial charge in [0.05, 0.1) is 31.7 Å². The van der Waals surface area contributed by atoms with Crippen LogP contribution in [-0.4, -0.2) is 45.0 Å². The Hall–Kier alpha value is -2.90. The normalized spacial score (nSPS) is 10.9. The zero-order valence-electron chi connectivity index (χ0n) is 15.3. The van der Waals surface area contributed by atoms with Crippen molar-refractivity contribution in [3.05, 3.63) is 50.6 Å². The number of rotatable bonds is 10. The Morgan fingerprint density at radius 1 is 1.45 bits per heavy atom. The number of anilines is 2. The van der Waals surface area contributed by atoms with E-state index in [0.29, 0.717) is 16.0 Å². The third kappa shape index (κ3) is 5.13. The van der Waals surface area contributed by atoms with E-state index in [2.05, 4.69) is 20.5 Å². The molecular formula is C16H18N6O5S2. The second-order valence-corrected chi connectivity index (χ2v) is 7.88. The summed E-state index contributed by atoms with van der Waals surface area (Å²) in [6, 6.07) is 3.62. The number of Topliss-reactive ketones (excluding diaryl/α,β-unsaturated/α-hetero) is 1. The molecule has 0 saturated carbocycles. The average molecular weight is 438 g/mol. The molecule has 3 heterocycles. The van der Waals surface area contributed by atoms with Crippen molar-refractivity contribution in [2.75, 3.05) is 30.5 Å². The molecule has 0 unspecified atom stereocenters. The minimum atomic E-state index is -0.815. The van der Waals surface area contributed by atoms with Gasteiger partial charge in [0.2, 0.25) is 5.13 Å². The molecule has 0 saturated heterocycles. The van der Waals surface area contributed by atoms with Gasteiger partial charge in [0.25, 0.3) is 5.56 Å². The van der Waals surface area contributed by atoms with Crippen molar-refractivity contribution in [1.82, 2.24) is 19.7 Å². The molecule has 29 heavy (non-hydrogen) atoms. The van der Waals surface area contributed by atoms with Crippen molar-refractivity contribution in [3.8, 4) is 0 Å². The molecule has 13 heteroatoms. The van der Waals surface area contributed by atoms with Gasteiger partial charge >= 0.3 is 5.69 Å². The SMILES string of the molecule is COCCn1c(N)c(C(=O)CSc2nnc(NCc3ccco3)s2)c(=O)[nH]c1=O. The van der Waals surface area contributed by atoms with Gasteiger partial charge < -0.3 is 20.2 Å². The first-order valence-corrected chi connectivity index (χ1v) is 10.2. The molecule has 11 nitrogen and oxygen atoms in total. The number of hydrogen-bond donors (Lipinski definition) is 3. The third-order valence-electron chi connectivity index (χ3n) is 3.76. The second-order valence-electron chi connectivity index (χ2n) is 5.68. The number of furan rings is 1. The fourth-order valence-corrected chi connectivity index (χ4v) is 4.00. The minimum absolute atomic E-state index is 0.0808. The molecule has 3 aromatic rings. The maximum Gasteiger partial charge on any atom is 0.330 e. The molecule has 154 valence electrons. The van der Waals surface area contributed by atoms with E-state index >= 15 is 0 Å². The molecule has 0 fully saturated rings. The van der Waals surface area contributed by atoms with Gasteiger partial charge in [0, 0.05) is 7.11 Å². The molecule has 3 rings (SSSR count). The standard InChI is InChI=1S/C16H18N6O5S2/c1-26-6-4-22-12(17)11(13(24)19-15(22)25)10(23)8-28-16-21-20-14(29-16)18-7-9-3-2-5-27-9/h2-3,5H,4,6-8,17H2,1H3,(H,18,20)(H,19,24,25). The number of H-pyrrole nitrogens is 1. The molecule has 0 aliphatic carbocycles. The van der Waals surface area contributed by atoms with Gasteiger partial charge in [-0.25, -0.2) is 4.79 Å². The molecule has 3 aromatic heterocycles. The van der Waals surface area contributed by atoms with Gasteiger partial charge in [0.15, 0.2) is 10.1 Å². The first-order chi connectivity index (χ1) is 14.0. The fraction of sp³-hybridized carbons (Fsp3) is 0.312. The first-order valence-electron chi connectivity index (χ1n) is 8.37. The Morgan fingerprint density at radius 2 is 2.28 bits per heavy atom. The van der Waals surface area contributed by atoms with Gasteiger partial charge in [-0.1, -0.05) is 23.1 Å². The lowest BCUT2D eigenvalue weighted by molar-refractivity contribution is 0.102. The van der Waals surface area contributed by atoms with Crippen molar-refractivity contribution in [3.63, 3.8) is 0 Å². The quantitative estimate of drug-likeness (QED) is 0.305. The van der Waals surface area contributed by atoms with E-state index in [1.165, 1.54) is 18.4 Å². The van der Waals surface area contributed by atoms with E-state index < -0.39 is 17.0 Å². The van der Waals surface area contributed by atoms with Crippen LogP contribution in [0.4, 0.5) is 10.9 Å². The lowest BCUT2D eigenvalue weighted by atomic mass is 10.2. The van der Waals surface area contributed by atoms with Crippen LogP contribution < -0.4 is 22.3 Å². The summed E-state index contributed by atoms with van der Waals surface area (Å²) in [5, 5.41) is 11.6. The number of carbonyl (C=O) groups is 1. The lowest BCUT2D eigenvalue weighted by Crippen LogP contribution is -2.37. The van der Waals surface area contributed by atoms with Gasteiger partial charge in [0.1, 0.15) is 17.1 Å². The number of carbonyl (C=O) groups excluding carboxylic acids is 1. The van der Waals surface area contributed by atoms with Crippen LogP contribution in [0.25, 0.3) is 0 Å². The first kappa shape index (κ1) is 20.8. The summed E-state index contributed by atoms with van der Waals surface area (Å²) in [6.07, 6.45) is 1.58. The number of aromatic nitrogens is 4. The number of nitrogens with two attached hydrogens (primary N) is 1. The Balaban J connectivity index is 1.65. The smallest absolute Gasteiger partial charge is 0.330 e. The number of ketones is 1. The van der Waals surface area contributed by atoms with Crippen molar-refractivity contribution >= 4 is 39.8 Å². The Labute approximate surface area is 172 Å². The highest BCUT2D eigenvalue weighted by atomic mass is 32.2. The number of methoxy groups -OCH3 is 1. The average Bonchev–Trinajstić information content (AvgIpc) is 3.36. The van der Waals surface area contributed by atoms with E-state index in [0.717, 1.165) is 22.1 Å². The molecule has 0 aliphatic rings. The minimum Gasteiger partial charge on any atom is -0.467 e. The monoisotopic (exact) mass is 438 g/mol. The summed E-state index contributed by atoms with van der Waals surface area (Å²) in [5.74, 6) is -0.0229. The van der Waals surface area contributed by atoms with Crippen LogP contribution in [0.5, 0.6) is 0 Å². The summed E-state index contributed by atoms with van der Waals surface area (Å²) in [4.78, 5) is 38.6. The zero-order chi connectivity index (χ0) is 20.8. The van der Waals surface area contributed by atoms with Crippen LogP contribution in [0.1, 0.15) is 16.1 Å². The number of nitrogens with zero attached hydrogens (tertiary/aromatic N) is 3. The van der Waals surface area contributed by atoms with Crippen LogP contribution in [0.3, 0.4) is 0 Å². The zero-order valence-corrected chi connectivity index (χ0v) is 17.0. The Bertz CT molecular complexity index is 1090. The predicted octanol–water partition coefficient (Wildman–Crippen LogP) is 0.797. The van der Waals surface area contributed by atoms with Crippen LogP contribution >= 0.6 is 23.1 Å². The summed E-state index contributed by atoms with van der Waals surface area (Å²) in [5.41, 5.74) is 4.14. The van der Waals surface area contributed by atoms with Crippen molar-refractivity contribution in [2.45, 2.75) is 17.4 Å². The maximum atomic E-state index is 12.5. The van der Waals surface area contributed by atoms with Crippen LogP contribution in [0, 0.1) is 0 Å². The van der Waals surface area contributed by atoms with Crippen LogP contribution in [0.2, 0.25) is 0 Å². The number of ether oxygens (including phenoxy) is 1. The van der Waals surface area contributed by atoms with Crippen molar-refractivity contribution in [2.24, 2.45) is 0 Å². The molecule has 0 amide bonds. The van der Waals surface area contributed by atoms with Crippen LogP contribution in [0.15, 0.2) is 36.7 Å². The van der Waals surface area contributed by atoms with Crippen molar-refractivity contribution in [1.29, 1.82) is 0 Å². The number of aromatic amines is 1. The molecule has 0 aliphatic heterocycles. The van der Waals surface area contributed by atoms with E-state index in [1.807, 2.05) is 6.07 Å². The molecule has 0 atom stereocenters. The molecule has 0 radical (unpaired) electrons. The topological polar surface area (TPSA) is 158 Å². The van der Waals surface area contributed by atoms with E-state index in [9.17, 15) is 14.4 Å². The summed E-state index contributed by atoms with van der Waals surface area (Å²) in [7, 11) is 1.47. The fourth-order valence-electron chi connectivity index (χ4n) is 2.38. The van der Waals surface area contributed by atoms with Gasteiger partial charge in [-0.2, -0.15) is 0 Å². The van der Waals surface area contributed by atoms with Gasteiger partial charge in [-0.05, 0) is 12.1 Å². The number of nitrogen functional groups attached to an aromatic ring is 1. The number of hydrogen-bond acceptors (Lipinski definition) is 11. The Morgan fingerprint density at radius 3 is 3.00 bits per heavy atom.